The molecule has 0 saturated heterocycles. The van der Waals surface area contributed by atoms with Crippen LogP contribution < -0.4 is 16.8 Å². The van der Waals surface area contributed by atoms with Crippen LogP contribution in [-0.2, 0) is 0 Å². The smallest absolute Gasteiger partial charge is 0.250 e. The summed E-state index contributed by atoms with van der Waals surface area (Å²) in [6, 6.07) is 4.16. The zero-order valence-electron chi connectivity index (χ0n) is 11.0. The number of nitrogens with two attached hydrogens (primary N) is 2. The normalized spacial score (nSPS) is 10.5. The summed E-state index contributed by atoms with van der Waals surface area (Å²) in [6.45, 7) is 1.44. The van der Waals surface area contributed by atoms with Gasteiger partial charge in [0.2, 0.25) is 0 Å². The zero-order chi connectivity index (χ0) is 15.7. The quantitative estimate of drug-likeness (QED) is 0.762. The van der Waals surface area contributed by atoms with Gasteiger partial charge in [0.1, 0.15) is 17.3 Å². The predicted molar refractivity (Wildman–Crippen MR) is 73.7 cm³/mol. The summed E-state index contributed by atoms with van der Waals surface area (Å²) in [4.78, 5) is 11.2. The van der Waals surface area contributed by atoms with Crippen LogP contribution in [0.3, 0.4) is 0 Å². The van der Waals surface area contributed by atoms with E-state index in [9.17, 15) is 18.0 Å². The molecule has 0 bridgehead atoms. The lowest BCUT2D eigenvalue weighted by Crippen LogP contribution is -2.14. The summed E-state index contributed by atoms with van der Waals surface area (Å²) >= 11 is 0. The third-order valence-electron chi connectivity index (χ3n) is 2.95. The average molecular weight is 295 g/mol. The maximum Gasteiger partial charge on any atom is 0.250 e. The molecular weight excluding hydrogens is 283 g/mol. The summed E-state index contributed by atoms with van der Waals surface area (Å²) in [5.41, 5.74) is 9.60. The maximum atomic E-state index is 13.9. The van der Waals surface area contributed by atoms with E-state index in [2.05, 4.69) is 5.32 Å². The number of nitrogen functional groups attached to an aromatic ring is 1. The summed E-state index contributed by atoms with van der Waals surface area (Å²) in [7, 11) is 0. The summed E-state index contributed by atoms with van der Waals surface area (Å²) in [6.07, 6.45) is 0. The predicted octanol–water partition coefficient (Wildman–Crippen LogP) is 2.84. The van der Waals surface area contributed by atoms with Crippen molar-refractivity contribution in [2.75, 3.05) is 11.1 Å². The van der Waals surface area contributed by atoms with Crippen LogP contribution >= 0.6 is 0 Å². The van der Waals surface area contributed by atoms with Crippen LogP contribution in [0, 0.1) is 24.4 Å². The van der Waals surface area contributed by atoms with Crippen molar-refractivity contribution in [1.82, 2.24) is 0 Å². The van der Waals surface area contributed by atoms with Crippen LogP contribution in [0.25, 0.3) is 0 Å². The van der Waals surface area contributed by atoms with Crippen LogP contribution in [0.15, 0.2) is 24.3 Å². The highest BCUT2D eigenvalue weighted by atomic mass is 19.1. The lowest BCUT2D eigenvalue weighted by Gasteiger charge is -2.13. The topological polar surface area (TPSA) is 81.1 Å². The number of amides is 1. The Hall–Kier alpha value is -2.70. The standard InChI is InChI=1S/C14H12F3N3O/c1-6-2-3-8(15)13(12(6)17)20-11-4-7(14(19)21)10(18)5-9(11)16/h2-5,20H,18H2,1H3,(H2,19,21). The summed E-state index contributed by atoms with van der Waals surface area (Å²) in [5, 5.41) is 2.28. The first-order valence-corrected chi connectivity index (χ1v) is 5.91. The molecule has 0 radical (unpaired) electrons. The first-order valence-electron chi connectivity index (χ1n) is 5.91. The molecule has 0 fully saturated rings. The van der Waals surface area contributed by atoms with E-state index in [1.165, 1.54) is 13.0 Å². The fourth-order valence-electron chi connectivity index (χ4n) is 1.80. The molecule has 7 heteroatoms. The van der Waals surface area contributed by atoms with E-state index in [1.54, 1.807) is 0 Å². The lowest BCUT2D eigenvalue weighted by atomic mass is 10.1. The van der Waals surface area contributed by atoms with E-state index < -0.39 is 29.0 Å². The Morgan fingerprint density at radius 3 is 2.43 bits per heavy atom. The number of nitrogens with one attached hydrogen (secondary N) is 1. The van der Waals surface area contributed by atoms with Crippen molar-refractivity contribution >= 4 is 23.0 Å². The van der Waals surface area contributed by atoms with E-state index >= 15 is 0 Å². The van der Waals surface area contributed by atoms with Gasteiger partial charge in [-0.15, -0.1) is 0 Å². The monoisotopic (exact) mass is 295 g/mol. The third kappa shape index (κ3) is 2.76. The molecule has 2 aromatic carbocycles. The number of rotatable bonds is 3. The van der Waals surface area contributed by atoms with Gasteiger partial charge in [-0.05, 0) is 30.7 Å². The van der Waals surface area contributed by atoms with E-state index in [4.69, 9.17) is 11.5 Å². The minimum atomic E-state index is -0.894. The highest BCUT2D eigenvalue weighted by molar-refractivity contribution is 5.99. The Bertz CT molecular complexity index is 732. The molecule has 0 heterocycles. The van der Waals surface area contributed by atoms with Gasteiger partial charge in [0, 0.05) is 5.69 Å². The fourth-order valence-corrected chi connectivity index (χ4v) is 1.80. The SMILES string of the molecule is Cc1ccc(F)c(Nc2cc(C(N)=O)c(N)cc2F)c1F. The van der Waals surface area contributed by atoms with Crippen molar-refractivity contribution in [3.63, 3.8) is 0 Å². The second-order valence-corrected chi connectivity index (χ2v) is 4.46. The maximum absolute atomic E-state index is 13.9. The van der Waals surface area contributed by atoms with Gasteiger partial charge in [0.25, 0.3) is 5.91 Å². The van der Waals surface area contributed by atoms with Crippen LogP contribution in [-0.4, -0.2) is 5.91 Å². The zero-order valence-corrected chi connectivity index (χ0v) is 11.0. The van der Waals surface area contributed by atoms with E-state index in [-0.39, 0.29) is 22.5 Å². The van der Waals surface area contributed by atoms with Crippen molar-refractivity contribution < 1.29 is 18.0 Å². The Kier molecular flexibility index (Phi) is 3.75. The number of halogens is 3. The molecule has 5 N–H and O–H groups in total. The number of carbonyl (C=O) groups excluding carboxylic acids is 1. The van der Waals surface area contributed by atoms with Gasteiger partial charge in [-0.3, -0.25) is 4.79 Å². The molecule has 0 aliphatic heterocycles. The molecule has 0 aliphatic carbocycles. The molecule has 2 aromatic rings. The summed E-state index contributed by atoms with van der Waals surface area (Å²) < 4.78 is 41.3. The molecular formula is C14H12F3N3O. The van der Waals surface area contributed by atoms with Crippen molar-refractivity contribution in [3.05, 3.63) is 52.8 Å². The van der Waals surface area contributed by atoms with Crippen molar-refractivity contribution in [2.45, 2.75) is 6.92 Å². The Morgan fingerprint density at radius 2 is 1.81 bits per heavy atom. The molecule has 21 heavy (non-hydrogen) atoms. The minimum Gasteiger partial charge on any atom is -0.398 e. The Labute approximate surface area is 118 Å². The number of primary amides is 1. The number of anilines is 3. The van der Waals surface area contributed by atoms with Gasteiger partial charge in [-0.1, -0.05) is 6.07 Å². The van der Waals surface area contributed by atoms with Gasteiger partial charge in [-0.2, -0.15) is 0 Å². The van der Waals surface area contributed by atoms with Crippen LogP contribution in [0.1, 0.15) is 15.9 Å². The molecule has 1 amide bonds. The molecule has 0 unspecified atom stereocenters. The molecule has 0 atom stereocenters. The van der Waals surface area contributed by atoms with E-state index in [0.29, 0.717) is 0 Å². The highest BCUT2D eigenvalue weighted by Crippen LogP contribution is 2.29. The lowest BCUT2D eigenvalue weighted by molar-refractivity contribution is 0.100. The minimum absolute atomic E-state index is 0.146. The Morgan fingerprint density at radius 1 is 1.14 bits per heavy atom. The van der Waals surface area contributed by atoms with Gasteiger partial charge < -0.3 is 16.8 Å². The molecule has 0 saturated carbocycles. The molecule has 0 aliphatic rings. The Balaban J connectivity index is 2.52. The molecule has 2 rings (SSSR count). The summed E-state index contributed by atoms with van der Waals surface area (Å²) in [5.74, 6) is -3.49. The fraction of sp³-hybridized carbons (Fsp3) is 0.0714. The second-order valence-electron chi connectivity index (χ2n) is 4.46. The van der Waals surface area contributed by atoms with Crippen molar-refractivity contribution in [2.24, 2.45) is 5.73 Å². The number of benzene rings is 2. The molecule has 0 aromatic heterocycles. The first-order chi connectivity index (χ1) is 9.81. The van der Waals surface area contributed by atoms with Crippen LogP contribution in [0.2, 0.25) is 0 Å². The van der Waals surface area contributed by atoms with Gasteiger partial charge >= 0.3 is 0 Å². The average Bonchev–Trinajstić information content (AvgIpc) is 2.41. The van der Waals surface area contributed by atoms with Gasteiger partial charge in [0.15, 0.2) is 5.82 Å². The third-order valence-corrected chi connectivity index (χ3v) is 2.95. The van der Waals surface area contributed by atoms with Crippen molar-refractivity contribution in [3.8, 4) is 0 Å². The number of hydrogen-bond acceptors (Lipinski definition) is 3. The number of hydrogen-bond donors (Lipinski definition) is 3. The number of carbonyl (C=O) groups is 1. The van der Waals surface area contributed by atoms with E-state index in [1.807, 2.05) is 0 Å². The largest absolute Gasteiger partial charge is 0.398 e. The van der Waals surface area contributed by atoms with Crippen LogP contribution in [0.5, 0.6) is 0 Å². The van der Waals surface area contributed by atoms with Crippen LogP contribution in [0.4, 0.5) is 30.2 Å². The molecule has 110 valence electrons. The van der Waals surface area contributed by atoms with Gasteiger partial charge in [-0.25, -0.2) is 13.2 Å². The first kappa shape index (κ1) is 14.7. The highest BCUT2D eigenvalue weighted by Gasteiger charge is 2.16. The second kappa shape index (κ2) is 5.35. The number of aryl methyl sites for hydroxylation is 1. The van der Waals surface area contributed by atoms with E-state index in [0.717, 1.165) is 18.2 Å². The van der Waals surface area contributed by atoms with Gasteiger partial charge in [0.05, 0.1) is 11.3 Å². The van der Waals surface area contributed by atoms with Crippen molar-refractivity contribution in [1.29, 1.82) is 0 Å². The molecule has 4 nitrogen and oxygen atoms in total. The molecule has 0 spiro atoms.